The molecule has 0 N–H and O–H groups in total. The van der Waals surface area contributed by atoms with Crippen molar-refractivity contribution < 1.29 is 0 Å². The third-order valence-electron chi connectivity index (χ3n) is 15.5. The Kier molecular flexibility index (Phi) is 8.46. The molecule has 2 spiro atoms. The zero-order chi connectivity index (χ0) is 39.9. The first-order chi connectivity index (χ1) is 28.8. The van der Waals surface area contributed by atoms with Crippen molar-refractivity contribution in [2.45, 2.75) is 77.0 Å². The summed E-state index contributed by atoms with van der Waals surface area (Å²) in [6.45, 7) is 9.29. The van der Waals surface area contributed by atoms with Crippen molar-refractivity contribution in [1.82, 2.24) is 0 Å². The highest BCUT2D eigenvalue weighted by atomic mass is 15.1. The predicted molar refractivity (Wildman–Crippen MR) is 249 cm³/mol. The normalized spacial score (nSPS) is 23.6. The van der Waals surface area contributed by atoms with Crippen LogP contribution in [0.3, 0.4) is 0 Å². The van der Waals surface area contributed by atoms with Gasteiger partial charge in [0.1, 0.15) is 0 Å². The molecule has 0 saturated heterocycles. The van der Waals surface area contributed by atoms with Gasteiger partial charge in [0.2, 0.25) is 0 Å². The molecule has 3 saturated carbocycles. The highest BCUT2D eigenvalue weighted by Crippen LogP contribution is 2.79. The van der Waals surface area contributed by atoms with E-state index in [1.165, 1.54) is 88.6 Å². The van der Waals surface area contributed by atoms with Crippen LogP contribution in [-0.2, 0) is 10.8 Å². The van der Waals surface area contributed by atoms with Gasteiger partial charge in [-0.25, -0.2) is 0 Å². The third-order valence-corrected chi connectivity index (χ3v) is 15.5. The van der Waals surface area contributed by atoms with Crippen LogP contribution < -0.4 is 4.90 Å². The van der Waals surface area contributed by atoms with Gasteiger partial charge in [0, 0.05) is 22.5 Å². The number of rotatable bonds is 7. The lowest BCUT2D eigenvalue weighted by Gasteiger charge is -2.57. The van der Waals surface area contributed by atoms with Crippen LogP contribution in [0.25, 0.3) is 44.5 Å². The Morgan fingerprint density at radius 3 is 1.86 bits per heavy atom. The molecule has 1 heteroatoms. The quantitative estimate of drug-likeness (QED) is 0.156. The van der Waals surface area contributed by atoms with Crippen LogP contribution in [0.1, 0.15) is 82.9 Å². The van der Waals surface area contributed by atoms with Gasteiger partial charge in [-0.05, 0) is 164 Å². The van der Waals surface area contributed by atoms with Crippen LogP contribution in [0.4, 0.5) is 17.1 Å². The van der Waals surface area contributed by atoms with E-state index in [9.17, 15) is 0 Å². The number of anilines is 3. The molecule has 11 rings (SSSR count). The Morgan fingerprint density at radius 2 is 1.14 bits per heavy atom. The fraction of sp³-hybridized carbons (Fsp3) is 0.276. The van der Waals surface area contributed by atoms with Crippen LogP contribution in [0, 0.1) is 23.2 Å². The van der Waals surface area contributed by atoms with Gasteiger partial charge in [0.05, 0.1) is 0 Å². The molecule has 0 aliphatic heterocycles. The van der Waals surface area contributed by atoms with Crippen LogP contribution in [0.5, 0.6) is 0 Å². The van der Waals surface area contributed by atoms with Crippen molar-refractivity contribution in [3.8, 4) is 44.5 Å². The van der Waals surface area contributed by atoms with E-state index in [0.29, 0.717) is 5.41 Å². The van der Waals surface area contributed by atoms with E-state index in [1.807, 2.05) is 0 Å². The molecular weight excluding hydrogens is 711 g/mol. The third kappa shape index (κ3) is 5.57. The molecule has 292 valence electrons. The van der Waals surface area contributed by atoms with E-state index < -0.39 is 0 Å². The van der Waals surface area contributed by atoms with Gasteiger partial charge in [-0.2, -0.15) is 0 Å². The lowest BCUT2D eigenvalue weighted by molar-refractivity contribution is -0.0579. The Morgan fingerprint density at radius 1 is 0.542 bits per heavy atom. The molecule has 7 aromatic rings. The number of benzene rings is 7. The van der Waals surface area contributed by atoms with Crippen molar-refractivity contribution in [1.29, 1.82) is 0 Å². The minimum atomic E-state index is 0.0858. The SMILES string of the molecule is CCC1CC2C13CCCC(C3)C21c2ccccc2-c2cc(-c3cccc(-c4cccc(N(c5ccc(-c6ccccc6)cc5)c5ccc(C(C)(C)C)cc5)c4)c3)ccc21. The zero-order valence-corrected chi connectivity index (χ0v) is 35.1. The molecule has 4 aliphatic rings. The first-order valence-corrected chi connectivity index (χ1v) is 22.3. The predicted octanol–water partition coefficient (Wildman–Crippen LogP) is 16.0. The molecule has 0 aromatic heterocycles. The highest BCUT2D eigenvalue weighted by Gasteiger charge is 2.72. The average molecular weight is 766 g/mol. The molecule has 2 bridgehead atoms. The lowest BCUT2D eigenvalue weighted by Crippen LogP contribution is -2.51. The molecule has 0 amide bonds. The largest absolute Gasteiger partial charge is 0.310 e. The van der Waals surface area contributed by atoms with Crippen LogP contribution in [-0.4, -0.2) is 0 Å². The summed E-state index contributed by atoms with van der Waals surface area (Å²) in [5.74, 6) is 2.46. The van der Waals surface area contributed by atoms with E-state index >= 15 is 0 Å². The number of hydrogen-bond donors (Lipinski definition) is 0. The summed E-state index contributed by atoms with van der Waals surface area (Å²) in [7, 11) is 0. The smallest absolute Gasteiger partial charge is 0.0467 e. The molecule has 5 atom stereocenters. The van der Waals surface area contributed by atoms with Crippen LogP contribution in [0.15, 0.2) is 170 Å². The highest BCUT2D eigenvalue weighted by molar-refractivity contribution is 5.87. The maximum absolute atomic E-state index is 2.57. The second-order valence-corrected chi connectivity index (χ2v) is 19.3. The van der Waals surface area contributed by atoms with Crippen molar-refractivity contribution in [3.63, 3.8) is 0 Å². The fourth-order valence-electron chi connectivity index (χ4n) is 12.8. The van der Waals surface area contributed by atoms with Crippen molar-refractivity contribution >= 4 is 17.1 Å². The first-order valence-electron chi connectivity index (χ1n) is 22.3. The van der Waals surface area contributed by atoms with Crippen LogP contribution >= 0.6 is 0 Å². The van der Waals surface area contributed by atoms with Gasteiger partial charge in [-0.15, -0.1) is 0 Å². The second kappa shape index (κ2) is 13.7. The number of fused-ring (bicyclic) bond motifs is 8. The van der Waals surface area contributed by atoms with E-state index in [2.05, 4.69) is 202 Å². The minimum absolute atomic E-state index is 0.0858. The van der Waals surface area contributed by atoms with Gasteiger partial charge >= 0.3 is 0 Å². The summed E-state index contributed by atoms with van der Waals surface area (Å²) in [4.78, 5) is 2.40. The van der Waals surface area contributed by atoms with E-state index in [1.54, 1.807) is 11.1 Å². The van der Waals surface area contributed by atoms with Gasteiger partial charge in [-0.1, -0.05) is 162 Å². The second-order valence-electron chi connectivity index (χ2n) is 19.3. The fourth-order valence-corrected chi connectivity index (χ4v) is 12.8. The van der Waals surface area contributed by atoms with E-state index in [0.717, 1.165) is 34.8 Å². The molecule has 0 radical (unpaired) electrons. The van der Waals surface area contributed by atoms with Crippen LogP contribution in [0.2, 0.25) is 0 Å². The summed E-state index contributed by atoms with van der Waals surface area (Å²) in [6, 6.07) is 64.2. The molecule has 1 nitrogen and oxygen atoms in total. The summed E-state index contributed by atoms with van der Waals surface area (Å²) >= 11 is 0. The molecule has 59 heavy (non-hydrogen) atoms. The standard InChI is InChI=1S/C58H55N/c1-5-45-37-55-57(45)33-13-19-47(38-57)58(55)53-22-10-9-21-51(53)52-36-44(25-32-54(52)58)42-17-11-16-41(34-42)43-18-12-20-50(35-43)59(49-30-26-46(27-31-49)56(2,3)4)48-28-23-40(24-29-48)39-14-7-6-8-15-39/h6-12,14-18,20-32,34-36,45,47,55H,5,13,19,33,37-38H2,1-4H3. The molecule has 5 unspecified atom stereocenters. The number of hydrogen-bond acceptors (Lipinski definition) is 1. The Hall–Kier alpha value is -5.66. The average Bonchev–Trinajstić information content (AvgIpc) is 3.64. The van der Waals surface area contributed by atoms with Gasteiger partial charge < -0.3 is 4.90 Å². The summed E-state index contributed by atoms with van der Waals surface area (Å²) < 4.78 is 0. The molecule has 7 aromatic carbocycles. The maximum Gasteiger partial charge on any atom is 0.0467 e. The minimum Gasteiger partial charge on any atom is -0.310 e. The van der Waals surface area contributed by atoms with E-state index in [4.69, 9.17) is 0 Å². The molecule has 0 heterocycles. The lowest BCUT2D eigenvalue weighted by atomic mass is 9.47. The summed E-state index contributed by atoms with van der Waals surface area (Å²) in [6.07, 6.45) is 8.42. The van der Waals surface area contributed by atoms with Crippen molar-refractivity contribution in [3.05, 3.63) is 187 Å². The van der Waals surface area contributed by atoms with E-state index in [-0.39, 0.29) is 10.8 Å². The Bertz CT molecular complexity index is 2680. The summed E-state index contributed by atoms with van der Waals surface area (Å²) in [5.41, 5.74) is 19.3. The monoisotopic (exact) mass is 765 g/mol. The van der Waals surface area contributed by atoms with Crippen molar-refractivity contribution in [2.24, 2.45) is 23.2 Å². The molecule has 3 fully saturated rings. The summed E-state index contributed by atoms with van der Waals surface area (Å²) in [5, 5.41) is 0. The van der Waals surface area contributed by atoms with Crippen molar-refractivity contribution in [2.75, 3.05) is 4.90 Å². The topological polar surface area (TPSA) is 3.24 Å². The van der Waals surface area contributed by atoms with Gasteiger partial charge in [0.15, 0.2) is 0 Å². The Balaban J connectivity index is 0.962. The first kappa shape index (κ1) is 36.4. The maximum atomic E-state index is 2.57. The molecular formula is C58H55N. The van der Waals surface area contributed by atoms with Gasteiger partial charge in [0.25, 0.3) is 0 Å². The molecule has 4 aliphatic carbocycles. The Labute approximate surface area is 351 Å². The zero-order valence-electron chi connectivity index (χ0n) is 35.1. The van der Waals surface area contributed by atoms with Gasteiger partial charge in [-0.3, -0.25) is 0 Å². The number of nitrogens with zero attached hydrogens (tertiary/aromatic N) is 1.